The maximum atomic E-state index is 15.0. The number of ether oxygens (including phenoxy) is 4. The summed E-state index contributed by atoms with van der Waals surface area (Å²) in [4.78, 5) is 78.3. The monoisotopic (exact) mass is 1410 g/mol. The van der Waals surface area contributed by atoms with Gasteiger partial charge in [-0.05, 0) is 232 Å². The zero-order valence-electron chi connectivity index (χ0n) is 58.6. The second-order valence-electron chi connectivity index (χ2n) is 29.4. The van der Waals surface area contributed by atoms with Crippen LogP contribution in [-0.2, 0) is 63.0 Å². The van der Waals surface area contributed by atoms with Gasteiger partial charge in [-0.1, -0.05) is 24.3 Å². The van der Waals surface area contributed by atoms with Crippen molar-refractivity contribution in [2.75, 3.05) is 36.9 Å². The minimum Gasteiger partial charge on any atom is -0.478 e. The molecular weight excluding hydrogens is 1320 g/mol. The van der Waals surface area contributed by atoms with Gasteiger partial charge in [-0.3, -0.25) is 14.8 Å². The minimum atomic E-state index is -4.49. The van der Waals surface area contributed by atoms with Gasteiger partial charge in [0, 0.05) is 36.6 Å². The SMILES string of the molecule is CC(C)(C)OC(=O)N1C[C@@H](CCC(Nc2cccc(S(=O)(=O)NC(=O)c3cc4c(nc3F)C(C)(C)OCC4)n2)c2ccccn2)CC1(C)C.CC(C)(C)OC(=O)N1C[C@@H](CCC(Nc2cccc(S(N)(=O)=O)n2)c2ccccn2)CC1(C)C.CC1(C)OCCc2cc(C(=O)O)c(F)nc21. The quantitative estimate of drug-likeness (QED) is 0.0530. The first kappa shape index (κ1) is 76.4. The molecule has 4 atom stereocenters. The number of nitrogens with zero attached hydrogens (tertiary/aromatic N) is 8. The van der Waals surface area contributed by atoms with E-state index in [1.807, 2.05) is 101 Å². The van der Waals surface area contributed by atoms with Crippen molar-refractivity contribution in [3.05, 3.63) is 154 Å². The molecular formula is C70H92F2N12O13S2. The van der Waals surface area contributed by atoms with Crippen molar-refractivity contribution in [3.8, 4) is 0 Å². The predicted octanol–water partition coefficient (Wildman–Crippen LogP) is 11.7. The van der Waals surface area contributed by atoms with E-state index in [-0.39, 0.29) is 57.7 Å². The Balaban J connectivity index is 0.000000214. The van der Waals surface area contributed by atoms with Gasteiger partial charge in [-0.2, -0.15) is 17.2 Å². The van der Waals surface area contributed by atoms with Gasteiger partial charge in [0.2, 0.25) is 11.9 Å². The van der Waals surface area contributed by atoms with E-state index in [4.69, 9.17) is 29.2 Å². The lowest BCUT2D eigenvalue weighted by Gasteiger charge is -2.33. The standard InChI is InChI=1S/C35H45FN6O6S.C24H35N5O4S.C11H12FNO3/c1-33(2,3)48-32(44)42-21-22(20-34(42,4)5)14-15-26(25-11-8-9-17-37-25)38-27-12-10-13-28(39-27)49(45,46)41-31(43)24-19-23-16-18-47-35(6,7)29(23)40-30(24)36;1-23(2,3)33-22(30)29-16-17(15-24(29,4)5)12-13-19(18-9-6-7-14-26-18)27-20-10-8-11-21(28-20)34(25,31)32;1-11(2)8-6(3-4-16-11)5-7(10(14)15)9(12)13-8/h8-13,17,19,22,26H,14-16,18,20-21H2,1-7H3,(H,38,39)(H,41,43);6-11,14,17,19H,12-13,15-16H2,1-5H3,(H,27,28)(H2,25,31,32);5H,3-4H2,1-2H3,(H,14,15)/t22-,26?;17-,19?;/m00./s1. The highest BCUT2D eigenvalue weighted by Crippen LogP contribution is 2.41. The van der Waals surface area contributed by atoms with E-state index < -0.39 is 76.8 Å². The summed E-state index contributed by atoms with van der Waals surface area (Å²) in [6.07, 6.45) is 8.32. The van der Waals surface area contributed by atoms with Crippen LogP contribution in [0.15, 0.2) is 107 Å². The Morgan fingerprint density at radius 1 is 0.616 bits per heavy atom. The molecule has 4 aliphatic heterocycles. The topological polar surface area (TPSA) is 340 Å². The highest BCUT2D eigenvalue weighted by molar-refractivity contribution is 7.90. The lowest BCUT2D eigenvalue weighted by Crippen LogP contribution is -2.45. The Kier molecular flexibility index (Phi) is 23.3. The average molecular weight is 1410 g/mol. The van der Waals surface area contributed by atoms with E-state index in [0.29, 0.717) is 74.3 Å². The van der Waals surface area contributed by atoms with Crippen LogP contribution in [0.3, 0.4) is 0 Å². The number of carboxylic acids is 1. The Hall–Kier alpha value is -8.38. The first-order chi connectivity index (χ1) is 46.0. The van der Waals surface area contributed by atoms with Crippen LogP contribution in [0.2, 0.25) is 0 Å². The summed E-state index contributed by atoms with van der Waals surface area (Å²) in [6, 6.07) is 22.4. The number of nitrogens with one attached hydrogen (secondary N) is 3. The number of amides is 3. The molecule has 10 heterocycles. The van der Waals surface area contributed by atoms with Gasteiger partial charge in [0.15, 0.2) is 10.1 Å². The fraction of sp³-hybridized carbons (Fsp3) is 0.514. The summed E-state index contributed by atoms with van der Waals surface area (Å²) in [5.74, 6) is -3.35. The summed E-state index contributed by atoms with van der Waals surface area (Å²) in [5, 5.41) is 20.0. The number of primary sulfonamides is 1. The number of fused-ring (bicyclic) bond motifs is 2. The fourth-order valence-corrected chi connectivity index (χ4v) is 14.1. The molecule has 25 nitrogen and oxygen atoms in total. The summed E-state index contributed by atoms with van der Waals surface area (Å²) in [5.41, 5.74) is -0.402. The van der Waals surface area contributed by atoms with Crippen LogP contribution in [0.1, 0.15) is 202 Å². The molecule has 10 rings (SSSR count). The van der Waals surface area contributed by atoms with Gasteiger partial charge in [-0.15, -0.1) is 0 Å². The molecule has 29 heteroatoms. The smallest absolute Gasteiger partial charge is 0.410 e. The number of carboxylic acid groups (broad SMARTS) is 1. The second kappa shape index (κ2) is 30.2. The van der Waals surface area contributed by atoms with Crippen molar-refractivity contribution in [3.63, 3.8) is 0 Å². The van der Waals surface area contributed by atoms with E-state index in [0.717, 1.165) is 49.1 Å². The minimum absolute atomic E-state index is 0.192. The summed E-state index contributed by atoms with van der Waals surface area (Å²) < 4.78 is 103. The Labute approximate surface area is 578 Å². The number of rotatable bonds is 17. The molecule has 99 heavy (non-hydrogen) atoms. The average Bonchev–Trinajstić information content (AvgIpc) is 1.60. The van der Waals surface area contributed by atoms with Gasteiger partial charge in [0.05, 0.1) is 53.6 Å². The predicted molar refractivity (Wildman–Crippen MR) is 365 cm³/mol. The lowest BCUT2D eigenvalue weighted by molar-refractivity contribution is -0.0359. The van der Waals surface area contributed by atoms with Crippen LogP contribution in [0.4, 0.5) is 30.0 Å². The molecule has 0 aliphatic carbocycles. The van der Waals surface area contributed by atoms with Crippen LogP contribution in [0, 0.1) is 23.7 Å². The normalized spacial score (nSPS) is 18.9. The maximum Gasteiger partial charge on any atom is 0.410 e. The molecule has 0 saturated carbocycles. The van der Waals surface area contributed by atoms with Crippen LogP contribution in [0.5, 0.6) is 0 Å². The lowest BCUT2D eigenvalue weighted by atomic mass is 9.91. The maximum absolute atomic E-state index is 15.0. The second-order valence-corrected chi connectivity index (χ2v) is 32.5. The van der Waals surface area contributed by atoms with Crippen molar-refractivity contribution in [2.24, 2.45) is 17.0 Å². The number of aromatic nitrogens is 6. The van der Waals surface area contributed by atoms with E-state index in [9.17, 15) is 44.8 Å². The van der Waals surface area contributed by atoms with Crippen molar-refractivity contribution in [1.82, 2.24) is 44.4 Å². The number of aromatic carboxylic acids is 1. The van der Waals surface area contributed by atoms with Crippen LogP contribution >= 0.6 is 0 Å². The number of carbonyl (C=O) groups is 4. The molecule has 0 spiro atoms. The molecule has 0 bridgehead atoms. The number of carbonyl (C=O) groups excluding carboxylic acids is 3. The Morgan fingerprint density at radius 3 is 1.43 bits per heavy atom. The fourth-order valence-electron chi connectivity index (χ4n) is 12.6. The van der Waals surface area contributed by atoms with E-state index in [1.165, 1.54) is 30.3 Å². The third-order valence-electron chi connectivity index (χ3n) is 17.2. The van der Waals surface area contributed by atoms with Gasteiger partial charge < -0.3 is 44.5 Å². The van der Waals surface area contributed by atoms with E-state index in [2.05, 4.69) is 54.4 Å². The molecule has 0 radical (unpaired) electrons. The molecule has 3 amide bonds. The zero-order valence-corrected chi connectivity index (χ0v) is 60.2. The molecule has 2 unspecified atom stereocenters. The summed E-state index contributed by atoms with van der Waals surface area (Å²) in [7, 11) is -8.40. The number of hydrogen-bond donors (Lipinski definition) is 5. The molecule has 2 fully saturated rings. The van der Waals surface area contributed by atoms with Crippen molar-refractivity contribution >= 4 is 55.7 Å². The van der Waals surface area contributed by atoms with Crippen molar-refractivity contribution < 1.29 is 68.8 Å². The molecule has 6 N–H and O–H groups in total. The van der Waals surface area contributed by atoms with Crippen LogP contribution < -0.4 is 20.5 Å². The van der Waals surface area contributed by atoms with Gasteiger partial charge in [0.25, 0.3) is 26.0 Å². The van der Waals surface area contributed by atoms with Crippen LogP contribution in [-0.4, -0.2) is 134 Å². The number of sulfonamides is 2. The largest absolute Gasteiger partial charge is 0.478 e. The Bertz CT molecular complexity index is 4140. The molecule has 6 aromatic rings. The van der Waals surface area contributed by atoms with Crippen molar-refractivity contribution in [2.45, 2.75) is 204 Å². The summed E-state index contributed by atoms with van der Waals surface area (Å²) in [6.45, 7) is 28.4. The van der Waals surface area contributed by atoms with Crippen molar-refractivity contribution in [1.29, 1.82) is 0 Å². The first-order valence-electron chi connectivity index (χ1n) is 32.8. The third kappa shape index (κ3) is 20.2. The van der Waals surface area contributed by atoms with E-state index >= 15 is 0 Å². The number of halogens is 2. The highest BCUT2D eigenvalue weighted by Gasteiger charge is 2.45. The molecule has 6 aromatic heterocycles. The summed E-state index contributed by atoms with van der Waals surface area (Å²) >= 11 is 0. The third-order valence-corrected chi connectivity index (χ3v) is 19.3. The number of hydrogen-bond acceptors (Lipinski definition) is 20. The van der Waals surface area contributed by atoms with Gasteiger partial charge in [0.1, 0.15) is 39.6 Å². The molecule has 2 saturated heterocycles. The molecule has 0 aromatic carbocycles. The van der Waals surface area contributed by atoms with E-state index in [1.54, 1.807) is 63.2 Å². The highest BCUT2D eigenvalue weighted by atomic mass is 32.2. The zero-order chi connectivity index (χ0) is 72.8. The van der Waals surface area contributed by atoms with Gasteiger partial charge in [-0.25, -0.2) is 52.6 Å². The number of anilines is 2. The first-order valence-corrected chi connectivity index (χ1v) is 35.8. The number of likely N-dealkylation sites (tertiary alicyclic amines) is 2. The molecule has 536 valence electrons. The molecule has 4 aliphatic rings. The number of pyridine rings is 6. The Morgan fingerprint density at radius 2 is 1.03 bits per heavy atom. The van der Waals surface area contributed by atoms with Gasteiger partial charge >= 0.3 is 18.2 Å². The number of nitrogens with two attached hydrogens (primary N) is 1. The van der Waals surface area contributed by atoms with Crippen LogP contribution in [0.25, 0.3) is 0 Å².